The van der Waals surface area contributed by atoms with Crippen LogP contribution in [-0.2, 0) is 0 Å². The van der Waals surface area contributed by atoms with Crippen molar-refractivity contribution in [3.05, 3.63) is 70.0 Å². The van der Waals surface area contributed by atoms with Crippen molar-refractivity contribution in [2.45, 2.75) is 19.2 Å². The van der Waals surface area contributed by atoms with Gasteiger partial charge in [0.1, 0.15) is 17.5 Å². The Labute approximate surface area is 114 Å². The van der Waals surface area contributed by atoms with E-state index < -0.39 is 22.8 Å². The topological polar surface area (TPSA) is 0 Å². The molecule has 0 aromatic heterocycles. The van der Waals surface area contributed by atoms with Gasteiger partial charge in [0.15, 0.2) is 0 Å². The molecule has 0 radical (unpaired) electrons. The van der Waals surface area contributed by atoms with Crippen LogP contribution in [0, 0.1) is 31.3 Å². The van der Waals surface area contributed by atoms with Gasteiger partial charge >= 0.3 is 0 Å². The van der Waals surface area contributed by atoms with Crippen molar-refractivity contribution in [1.29, 1.82) is 0 Å². The molecule has 0 saturated carbocycles. The minimum absolute atomic E-state index is 0.0125. The van der Waals surface area contributed by atoms with Crippen molar-refractivity contribution in [3.8, 4) is 0 Å². The van der Waals surface area contributed by atoms with Gasteiger partial charge in [-0.2, -0.15) is 0 Å². The van der Waals surface area contributed by atoms with Gasteiger partial charge in [-0.3, -0.25) is 0 Å². The van der Waals surface area contributed by atoms with E-state index in [0.29, 0.717) is 5.56 Å². The van der Waals surface area contributed by atoms with E-state index in [1.54, 1.807) is 13.0 Å². The molecule has 0 N–H and O–H groups in total. The predicted octanol–water partition coefficient (Wildman–Crippen LogP) is 5.05. The number of aryl methyl sites for hydroxylation is 2. The summed E-state index contributed by atoms with van der Waals surface area (Å²) in [7, 11) is 0. The molecule has 0 aliphatic rings. The Hall–Kier alpha value is -1.48. The maximum absolute atomic E-state index is 13.9. The number of hydrogen-bond donors (Lipinski definition) is 0. The molecule has 0 fully saturated rings. The van der Waals surface area contributed by atoms with Gasteiger partial charge in [0.25, 0.3) is 0 Å². The minimum atomic E-state index is -0.925. The summed E-state index contributed by atoms with van der Waals surface area (Å²) >= 11 is 6.17. The fourth-order valence-corrected chi connectivity index (χ4v) is 2.31. The second-order valence-corrected chi connectivity index (χ2v) is 4.92. The van der Waals surface area contributed by atoms with Crippen LogP contribution in [0.1, 0.15) is 27.6 Å². The molecule has 0 bridgehead atoms. The minimum Gasteiger partial charge on any atom is -0.207 e. The van der Waals surface area contributed by atoms with Gasteiger partial charge in [-0.25, -0.2) is 13.2 Å². The third-order valence-corrected chi connectivity index (χ3v) is 3.54. The summed E-state index contributed by atoms with van der Waals surface area (Å²) in [4.78, 5) is 0. The Bertz CT molecular complexity index is 623. The standard InChI is InChI=1S/C15H12ClF3/c1-8-3-4-10(17)6-11(8)15(16)12-7-13(18)9(2)5-14(12)19/h3-7,15H,1-2H3. The lowest BCUT2D eigenvalue weighted by Gasteiger charge is -2.15. The molecule has 0 saturated heterocycles. The lowest BCUT2D eigenvalue weighted by molar-refractivity contribution is 0.579. The summed E-state index contributed by atoms with van der Waals surface area (Å²) in [6.07, 6.45) is 0. The number of alkyl halides is 1. The van der Waals surface area contributed by atoms with Gasteiger partial charge in [-0.1, -0.05) is 6.07 Å². The highest BCUT2D eigenvalue weighted by Gasteiger charge is 2.19. The van der Waals surface area contributed by atoms with Gasteiger partial charge in [0, 0.05) is 5.56 Å². The number of halogens is 4. The van der Waals surface area contributed by atoms with E-state index in [1.807, 2.05) is 0 Å². The van der Waals surface area contributed by atoms with Gasteiger partial charge in [0.2, 0.25) is 0 Å². The van der Waals surface area contributed by atoms with Gasteiger partial charge < -0.3 is 0 Å². The Balaban J connectivity index is 2.52. The average molecular weight is 285 g/mol. The predicted molar refractivity (Wildman–Crippen MR) is 69.9 cm³/mol. The highest BCUT2D eigenvalue weighted by molar-refractivity contribution is 6.22. The Morgan fingerprint density at radius 3 is 2.21 bits per heavy atom. The lowest BCUT2D eigenvalue weighted by atomic mass is 9.98. The molecule has 0 nitrogen and oxygen atoms in total. The molecule has 2 aromatic rings. The van der Waals surface area contributed by atoms with Crippen molar-refractivity contribution in [2.75, 3.05) is 0 Å². The number of benzene rings is 2. The molecule has 0 spiro atoms. The van der Waals surface area contributed by atoms with Crippen molar-refractivity contribution < 1.29 is 13.2 Å². The summed E-state index contributed by atoms with van der Waals surface area (Å²) in [5.74, 6) is -1.59. The fraction of sp³-hybridized carbons (Fsp3) is 0.200. The molecule has 0 aliphatic carbocycles. The number of hydrogen-bond acceptors (Lipinski definition) is 0. The van der Waals surface area contributed by atoms with Gasteiger partial charge in [-0.15, -0.1) is 11.6 Å². The van der Waals surface area contributed by atoms with E-state index in [2.05, 4.69) is 0 Å². The normalized spacial score (nSPS) is 12.5. The zero-order valence-electron chi connectivity index (χ0n) is 10.5. The molecule has 0 amide bonds. The second kappa shape index (κ2) is 5.25. The van der Waals surface area contributed by atoms with Crippen LogP contribution < -0.4 is 0 Å². The molecule has 19 heavy (non-hydrogen) atoms. The molecular weight excluding hydrogens is 273 g/mol. The van der Waals surface area contributed by atoms with Crippen LogP contribution in [0.3, 0.4) is 0 Å². The largest absolute Gasteiger partial charge is 0.207 e. The van der Waals surface area contributed by atoms with Gasteiger partial charge in [0.05, 0.1) is 5.38 Å². The van der Waals surface area contributed by atoms with E-state index in [1.165, 1.54) is 19.1 Å². The zero-order chi connectivity index (χ0) is 14.2. The Kier molecular flexibility index (Phi) is 3.85. The smallest absolute Gasteiger partial charge is 0.128 e. The van der Waals surface area contributed by atoms with Crippen molar-refractivity contribution in [1.82, 2.24) is 0 Å². The Morgan fingerprint density at radius 2 is 1.53 bits per heavy atom. The molecular formula is C15H12ClF3. The van der Waals surface area contributed by atoms with E-state index in [4.69, 9.17) is 11.6 Å². The van der Waals surface area contributed by atoms with Crippen molar-refractivity contribution in [3.63, 3.8) is 0 Å². The molecule has 2 aromatic carbocycles. The average Bonchev–Trinajstić information content (AvgIpc) is 2.36. The third-order valence-electron chi connectivity index (χ3n) is 3.07. The molecule has 4 heteroatoms. The van der Waals surface area contributed by atoms with E-state index >= 15 is 0 Å². The van der Waals surface area contributed by atoms with Crippen LogP contribution >= 0.6 is 11.6 Å². The third kappa shape index (κ3) is 2.76. The van der Waals surface area contributed by atoms with Crippen molar-refractivity contribution >= 4 is 11.6 Å². The molecule has 0 aliphatic heterocycles. The van der Waals surface area contributed by atoms with E-state index in [0.717, 1.165) is 17.7 Å². The van der Waals surface area contributed by atoms with Crippen LogP contribution in [0.15, 0.2) is 30.3 Å². The summed E-state index contributed by atoms with van der Waals surface area (Å²) in [5.41, 5.74) is 1.38. The SMILES string of the molecule is Cc1cc(F)c(C(Cl)c2cc(F)ccc2C)cc1F. The molecule has 1 unspecified atom stereocenters. The molecule has 1 atom stereocenters. The van der Waals surface area contributed by atoms with Crippen LogP contribution in [0.25, 0.3) is 0 Å². The van der Waals surface area contributed by atoms with Crippen LogP contribution in [0.4, 0.5) is 13.2 Å². The first kappa shape index (κ1) is 13.9. The monoisotopic (exact) mass is 284 g/mol. The Morgan fingerprint density at radius 1 is 0.842 bits per heavy atom. The molecule has 2 rings (SSSR count). The van der Waals surface area contributed by atoms with Crippen LogP contribution in [-0.4, -0.2) is 0 Å². The molecule has 0 heterocycles. The summed E-state index contributed by atoms with van der Waals surface area (Å²) < 4.78 is 40.6. The summed E-state index contributed by atoms with van der Waals surface area (Å²) in [5, 5.41) is -0.925. The molecule has 100 valence electrons. The van der Waals surface area contributed by atoms with Crippen LogP contribution in [0.2, 0.25) is 0 Å². The zero-order valence-corrected chi connectivity index (χ0v) is 11.2. The van der Waals surface area contributed by atoms with E-state index in [-0.39, 0.29) is 11.1 Å². The highest BCUT2D eigenvalue weighted by atomic mass is 35.5. The fourth-order valence-electron chi connectivity index (χ4n) is 1.91. The van der Waals surface area contributed by atoms with Gasteiger partial charge in [-0.05, 0) is 54.8 Å². The maximum atomic E-state index is 13.9. The maximum Gasteiger partial charge on any atom is 0.128 e. The number of rotatable bonds is 2. The van der Waals surface area contributed by atoms with Crippen molar-refractivity contribution in [2.24, 2.45) is 0 Å². The lowest BCUT2D eigenvalue weighted by Crippen LogP contribution is -2.02. The first-order valence-electron chi connectivity index (χ1n) is 5.76. The summed E-state index contributed by atoms with van der Waals surface area (Å²) in [6, 6.07) is 6.25. The highest BCUT2D eigenvalue weighted by Crippen LogP contribution is 2.33. The second-order valence-electron chi connectivity index (χ2n) is 4.49. The van der Waals surface area contributed by atoms with E-state index in [9.17, 15) is 13.2 Å². The first-order chi connectivity index (χ1) is 8.90. The van der Waals surface area contributed by atoms with Crippen LogP contribution in [0.5, 0.6) is 0 Å². The summed E-state index contributed by atoms with van der Waals surface area (Å²) in [6.45, 7) is 3.21. The first-order valence-corrected chi connectivity index (χ1v) is 6.19. The quantitative estimate of drug-likeness (QED) is 0.677.